The number of thiophene rings is 1. The van der Waals surface area contributed by atoms with Crippen LogP contribution in [0, 0.1) is 0 Å². The Morgan fingerprint density at radius 1 is 0.977 bits per heavy atom. The molecule has 4 aromatic rings. The third-order valence-electron chi connectivity index (χ3n) is 7.99. The lowest BCUT2D eigenvalue weighted by Gasteiger charge is -2.34. The van der Waals surface area contributed by atoms with E-state index >= 15 is 0 Å². The Morgan fingerprint density at radius 3 is 2.41 bits per heavy atom. The molecule has 2 aromatic carbocycles. The van der Waals surface area contributed by atoms with Gasteiger partial charge >= 0.3 is 0 Å². The molecule has 1 saturated heterocycles. The van der Waals surface area contributed by atoms with Crippen LogP contribution in [-0.4, -0.2) is 73.1 Å². The Labute approximate surface area is 264 Å². The van der Waals surface area contributed by atoms with Crippen molar-refractivity contribution in [2.45, 2.75) is 32.7 Å². The highest BCUT2D eigenvalue weighted by Crippen LogP contribution is 2.35. The molecule has 228 valence electrons. The highest BCUT2D eigenvalue weighted by atomic mass is 35.5. The number of anilines is 2. The molecule has 0 radical (unpaired) electrons. The van der Waals surface area contributed by atoms with E-state index in [-0.39, 0.29) is 42.1 Å². The second-order valence-electron chi connectivity index (χ2n) is 11.0. The molecule has 2 aliphatic rings. The predicted octanol–water partition coefficient (Wildman–Crippen LogP) is 4.70. The lowest BCUT2D eigenvalue weighted by atomic mass is 9.93. The van der Waals surface area contributed by atoms with Gasteiger partial charge < -0.3 is 25.2 Å². The van der Waals surface area contributed by atoms with Gasteiger partial charge in [0.15, 0.2) is 5.82 Å². The molecule has 1 atom stereocenters. The summed E-state index contributed by atoms with van der Waals surface area (Å²) >= 11 is 7.49. The van der Waals surface area contributed by atoms with Crippen molar-refractivity contribution in [3.63, 3.8) is 0 Å². The monoisotopic (exact) mass is 632 g/mol. The van der Waals surface area contributed by atoms with Gasteiger partial charge in [-0.1, -0.05) is 18.2 Å². The van der Waals surface area contributed by atoms with Gasteiger partial charge in [0.25, 0.3) is 11.8 Å². The highest BCUT2D eigenvalue weighted by molar-refractivity contribution is 7.21. The first kappa shape index (κ1) is 30.0. The van der Waals surface area contributed by atoms with E-state index in [9.17, 15) is 14.4 Å². The van der Waals surface area contributed by atoms with Crippen molar-refractivity contribution in [1.82, 2.24) is 20.6 Å². The van der Waals surface area contributed by atoms with Crippen LogP contribution in [0.1, 0.15) is 45.9 Å². The number of hydrogen-bond donors (Lipinski definition) is 2. The zero-order valence-corrected chi connectivity index (χ0v) is 26.1. The lowest BCUT2D eigenvalue weighted by molar-refractivity contribution is -0.117. The standard InChI is InChI=1S/C32H33ClN6O4S/c1-19-3-4-24-17-23(9-10-26(24)39(19)20(2)40)21-5-7-22(8-6-21)30(41)34-11-12-35-31(42)27-18-25-28(44-27)29(37-32(33)36-25)38-13-15-43-16-14-38/h5-10,17-19H,3-4,11-16H2,1-2H3,(H,34,41)(H,35,42)/t19-/m0/s1. The van der Waals surface area contributed by atoms with Gasteiger partial charge in [0.2, 0.25) is 11.2 Å². The van der Waals surface area contributed by atoms with Gasteiger partial charge in [0.1, 0.15) is 0 Å². The number of ether oxygens (including phenoxy) is 1. The van der Waals surface area contributed by atoms with Crippen LogP contribution in [0.25, 0.3) is 21.3 Å². The topological polar surface area (TPSA) is 117 Å². The summed E-state index contributed by atoms with van der Waals surface area (Å²) in [6.45, 7) is 6.83. The number of halogens is 1. The van der Waals surface area contributed by atoms with Crippen molar-refractivity contribution in [3.05, 3.63) is 69.8 Å². The highest BCUT2D eigenvalue weighted by Gasteiger charge is 2.26. The quantitative estimate of drug-likeness (QED) is 0.224. The normalized spacial score (nSPS) is 16.5. The number of amides is 3. The molecule has 2 aliphatic heterocycles. The SMILES string of the molecule is CC(=O)N1c2ccc(-c3ccc(C(=O)NCCNC(=O)c4cc5nc(Cl)nc(N6CCOCC6)c5s4)cc3)cc2CC[C@@H]1C. The number of hydrogen-bond acceptors (Lipinski definition) is 8. The number of nitrogens with zero attached hydrogens (tertiary/aromatic N) is 4. The molecule has 0 saturated carbocycles. The minimum absolute atomic E-state index is 0.0551. The number of morpholine rings is 1. The second-order valence-corrected chi connectivity index (χ2v) is 12.3. The van der Waals surface area contributed by atoms with Gasteiger partial charge in [-0.2, -0.15) is 4.98 Å². The lowest BCUT2D eigenvalue weighted by Crippen LogP contribution is -2.40. The first-order valence-electron chi connectivity index (χ1n) is 14.7. The summed E-state index contributed by atoms with van der Waals surface area (Å²) in [6, 6.07) is 15.5. The number of aryl methyl sites for hydroxylation is 1. The van der Waals surface area contributed by atoms with Crippen molar-refractivity contribution < 1.29 is 19.1 Å². The van der Waals surface area contributed by atoms with E-state index in [0.29, 0.717) is 48.1 Å². The molecule has 1 fully saturated rings. The maximum atomic E-state index is 12.9. The fourth-order valence-corrected chi connectivity index (χ4v) is 6.96. The summed E-state index contributed by atoms with van der Waals surface area (Å²) in [7, 11) is 0. The predicted molar refractivity (Wildman–Crippen MR) is 173 cm³/mol. The average Bonchev–Trinajstić information content (AvgIpc) is 3.46. The largest absolute Gasteiger partial charge is 0.378 e. The Hall–Kier alpha value is -4.06. The Bertz CT molecular complexity index is 1720. The van der Waals surface area contributed by atoms with Crippen molar-refractivity contribution in [1.29, 1.82) is 0 Å². The van der Waals surface area contributed by atoms with Crippen molar-refractivity contribution in [3.8, 4) is 11.1 Å². The number of aromatic nitrogens is 2. The summed E-state index contributed by atoms with van der Waals surface area (Å²) in [5.74, 6) is 0.303. The molecule has 3 amide bonds. The number of nitrogens with one attached hydrogen (secondary N) is 2. The van der Waals surface area contributed by atoms with Crippen molar-refractivity contribution in [2.24, 2.45) is 0 Å². The zero-order valence-electron chi connectivity index (χ0n) is 24.6. The molecule has 0 bridgehead atoms. The molecule has 0 aliphatic carbocycles. The van der Waals surface area contributed by atoms with Gasteiger partial charge in [0, 0.05) is 50.4 Å². The van der Waals surface area contributed by atoms with Gasteiger partial charge in [-0.15, -0.1) is 11.3 Å². The molecule has 10 nitrogen and oxygen atoms in total. The zero-order chi connectivity index (χ0) is 30.8. The van der Waals surface area contributed by atoms with Crippen LogP contribution in [0.2, 0.25) is 5.28 Å². The molecular weight excluding hydrogens is 600 g/mol. The Balaban J connectivity index is 1.03. The van der Waals surface area contributed by atoms with Crippen LogP contribution in [-0.2, 0) is 16.0 Å². The van der Waals surface area contributed by atoms with E-state index in [0.717, 1.165) is 39.9 Å². The first-order valence-corrected chi connectivity index (χ1v) is 15.9. The van der Waals surface area contributed by atoms with Crippen LogP contribution >= 0.6 is 22.9 Å². The summed E-state index contributed by atoms with van der Waals surface area (Å²) in [6.07, 6.45) is 1.85. The average molecular weight is 633 g/mol. The minimum Gasteiger partial charge on any atom is -0.378 e. The van der Waals surface area contributed by atoms with Gasteiger partial charge in [0.05, 0.1) is 28.3 Å². The van der Waals surface area contributed by atoms with Crippen LogP contribution in [0.5, 0.6) is 0 Å². The minimum atomic E-state index is -0.249. The first-order chi connectivity index (χ1) is 21.3. The second kappa shape index (κ2) is 12.9. The van der Waals surface area contributed by atoms with Crippen LogP contribution in [0.3, 0.4) is 0 Å². The molecule has 2 N–H and O–H groups in total. The molecule has 6 rings (SSSR count). The fourth-order valence-electron chi connectivity index (χ4n) is 5.76. The van der Waals surface area contributed by atoms with Crippen LogP contribution in [0.15, 0.2) is 48.5 Å². The summed E-state index contributed by atoms with van der Waals surface area (Å²) in [5.41, 5.74) is 5.33. The smallest absolute Gasteiger partial charge is 0.261 e. The van der Waals surface area contributed by atoms with E-state index in [1.165, 1.54) is 11.3 Å². The molecule has 4 heterocycles. The maximum Gasteiger partial charge on any atom is 0.261 e. The molecule has 2 aromatic heterocycles. The number of benzene rings is 2. The summed E-state index contributed by atoms with van der Waals surface area (Å²) in [4.78, 5) is 51.0. The Morgan fingerprint density at radius 2 is 1.68 bits per heavy atom. The molecular formula is C32H33ClN6O4S. The van der Waals surface area contributed by atoms with E-state index < -0.39 is 0 Å². The molecule has 44 heavy (non-hydrogen) atoms. The van der Waals surface area contributed by atoms with Crippen molar-refractivity contribution >= 4 is 62.4 Å². The molecule has 0 unspecified atom stereocenters. The fraction of sp³-hybridized carbons (Fsp3) is 0.344. The summed E-state index contributed by atoms with van der Waals surface area (Å²) in [5, 5.41) is 5.87. The number of carbonyl (C=O) groups is 3. The maximum absolute atomic E-state index is 12.9. The third-order valence-corrected chi connectivity index (χ3v) is 9.28. The number of fused-ring (bicyclic) bond motifs is 2. The van der Waals surface area contributed by atoms with Crippen LogP contribution < -0.4 is 20.4 Å². The van der Waals surface area contributed by atoms with E-state index in [1.54, 1.807) is 25.1 Å². The van der Waals surface area contributed by atoms with Crippen LogP contribution in [0.4, 0.5) is 11.5 Å². The number of rotatable bonds is 7. The van der Waals surface area contributed by atoms with E-state index in [2.05, 4.69) is 38.5 Å². The van der Waals surface area contributed by atoms with Gasteiger partial charge in [-0.3, -0.25) is 14.4 Å². The number of carbonyl (C=O) groups excluding carboxylic acids is 3. The molecule has 0 spiro atoms. The van der Waals surface area contributed by atoms with Gasteiger partial charge in [-0.25, -0.2) is 4.98 Å². The van der Waals surface area contributed by atoms with Crippen molar-refractivity contribution in [2.75, 3.05) is 49.2 Å². The van der Waals surface area contributed by atoms with Gasteiger partial charge in [-0.05, 0) is 78.4 Å². The molecule has 12 heteroatoms. The third kappa shape index (κ3) is 6.26. The summed E-state index contributed by atoms with van der Waals surface area (Å²) < 4.78 is 6.25. The Kier molecular flexibility index (Phi) is 8.79. The van der Waals surface area contributed by atoms with E-state index in [1.807, 2.05) is 29.2 Å². The van der Waals surface area contributed by atoms with E-state index in [4.69, 9.17) is 16.3 Å².